The molecule has 2 aromatic carbocycles. The molecule has 0 unspecified atom stereocenters. The van der Waals surface area contributed by atoms with Gasteiger partial charge in [0.2, 0.25) is 0 Å². The number of benzene rings is 2. The van der Waals surface area contributed by atoms with Crippen LogP contribution in [0, 0.1) is 0 Å². The Labute approximate surface area is 223 Å². The van der Waals surface area contributed by atoms with Crippen molar-refractivity contribution < 1.29 is 36.9 Å². The van der Waals surface area contributed by atoms with Gasteiger partial charge < -0.3 is 31.3 Å². The van der Waals surface area contributed by atoms with E-state index < -0.39 is 0 Å². The number of para-hydroxylation sites is 2. The number of hydrogen-bond donors (Lipinski definition) is 2. The van der Waals surface area contributed by atoms with Crippen LogP contribution in [0.25, 0.3) is 10.9 Å². The quantitative estimate of drug-likeness (QED) is 0.164. The molecule has 4 aromatic rings. The molecule has 4 N–H and O–H groups in total. The molecule has 185 valence electrons. The van der Waals surface area contributed by atoms with Gasteiger partial charge in [0.05, 0.1) is 11.1 Å². The van der Waals surface area contributed by atoms with Gasteiger partial charge in [0, 0.05) is 48.3 Å². The van der Waals surface area contributed by atoms with Gasteiger partial charge >= 0.3 is 17.1 Å². The summed E-state index contributed by atoms with van der Waals surface area (Å²) < 4.78 is 0. The zero-order valence-electron chi connectivity index (χ0n) is 19.2. The van der Waals surface area contributed by atoms with E-state index in [2.05, 4.69) is 31.0 Å². The Morgan fingerprint density at radius 2 is 0.973 bits per heavy atom. The van der Waals surface area contributed by atoms with E-state index >= 15 is 0 Å². The Bertz CT molecular complexity index is 1250. The summed E-state index contributed by atoms with van der Waals surface area (Å²) in [5, 5.41) is 26.4. The van der Waals surface area contributed by atoms with Crippen molar-refractivity contribution in [2.24, 2.45) is 10.2 Å². The van der Waals surface area contributed by atoms with E-state index in [4.69, 9.17) is 0 Å². The number of amides is 2. The van der Waals surface area contributed by atoms with Crippen LogP contribution >= 0.6 is 0 Å². The molecular formula is C26H22MnN6O4+2. The van der Waals surface area contributed by atoms with Crippen molar-refractivity contribution in [3.05, 3.63) is 131 Å². The SMILES string of the molecule is Oc1ccccc1C=N[N-]C(=[OH+])c1ccncc1.Oc1ccccc1C=N[N-]C(=[OH+])c1ccncc1.[Mn+2]. The maximum absolute atomic E-state index is 9.61. The van der Waals surface area contributed by atoms with Gasteiger partial charge in [-0.2, -0.15) is 0 Å². The first-order valence-corrected chi connectivity index (χ1v) is 10.5. The van der Waals surface area contributed by atoms with Crippen molar-refractivity contribution >= 4 is 24.2 Å². The minimum absolute atomic E-state index is 0. The van der Waals surface area contributed by atoms with Gasteiger partial charge in [0.15, 0.2) is 0 Å². The molecular weight excluding hydrogens is 515 g/mol. The summed E-state index contributed by atoms with van der Waals surface area (Å²) in [5.41, 5.74) is 9.38. The number of phenolic OH excluding ortho intramolecular Hbond substituents is 2. The summed E-state index contributed by atoms with van der Waals surface area (Å²) in [7, 11) is 0. The van der Waals surface area contributed by atoms with Crippen molar-refractivity contribution in [1.82, 2.24) is 9.97 Å². The topological polar surface area (TPSA) is 162 Å². The van der Waals surface area contributed by atoms with Crippen LogP contribution in [0.5, 0.6) is 11.5 Å². The average Bonchev–Trinajstić information content (AvgIpc) is 2.92. The summed E-state index contributed by atoms with van der Waals surface area (Å²) in [6.07, 6.45) is 8.93. The Balaban J connectivity index is 0.000000253. The van der Waals surface area contributed by atoms with Crippen LogP contribution in [0.2, 0.25) is 0 Å². The molecule has 2 heterocycles. The van der Waals surface area contributed by atoms with Gasteiger partial charge in [-0.05, 0) is 48.5 Å². The third-order valence-electron chi connectivity index (χ3n) is 4.45. The van der Waals surface area contributed by atoms with Gasteiger partial charge in [0.25, 0.3) is 11.8 Å². The van der Waals surface area contributed by atoms with Crippen LogP contribution in [-0.2, 0) is 17.1 Å². The molecule has 10 nitrogen and oxygen atoms in total. The molecule has 2 amide bonds. The first-order chi connectivity index (χ1) is 17.5. The Kier molecular flexibility index (Phi) is 11.7. The second-order valence-electron chi connectivity index (χ2n) is 6.93. The summed E-state index contributed by atoms with van der Waals surface area (Å²) in [5.74, 6) is -0.187. The molecule has 37 heavy (non-hydrogen) atoms. The van der Waals surface area contributed by atoms with E-state index in [-0.39, 0.29) is 40.4 Å². The van der Waals surface area contributed by atoms with Crippen molar-refractivity contribution in [1.29, 1.82) is 0 Å². The van der Waals surface area contributed by atoms with E-state index in [0.29, 0.717) is 22.3 Å². The molecule has 0 aliphatic carbocycles. The van der Waals surface area contributed by atoms with E-state index in [1.807, 2.05) is 0 Å². The maximum atomic E-state index is 9.61. The fraction of sp³-hybridized carbons (Fsp3) is 0. The van der Waals surface area contributed by atoms with Crippen molar-refractivity contribution in [3.8, 4) is 11.5 Å². The largest absolute Gasteiger partial charge is 2.00 e. The fourth-order valence-electron chi connectivity index (χ4n) is 2.60. The van der Waals surface area contributed by atoms with Crippen LogP contribution < -0.4 is 0 Å². The van der Waals surface area contributed by atoms with Crippen LogP contribution in [0.3, 0.4) is 0 Å². The van der Waals surface area contributed by atoms with Gasteiger partial charge in [-0.25, -0.2) is 0 Å². The third-order valence-corrected chi connectivity index (χ3v) is 4.45. The number of rotatable bonds is 6. The predicted octanol–water partition coefficient (Wildman–Crippen LogP) is 4.09. The molecule has 0 aliphatic rings. The molecule has 0 atom stereocenters. The number of pyridine rings is 2. The Morgan fingerprint density at radius 1 is 0.622 bits per heavy atom. The van der Waals surface area contributed by atoms with Gasteiger partial charge in [-0.1, -0.05) is 24.3 Å². The van der Waals surface area contributed by atoms with Crippen molar-refractivity contribution in [2.75, 3.05) is 0 Å². The molecule has 0 saturated heterocycles. The number of aromatic nitrogens is 2. The number of nitrogens with zero attached hydrogens (tertiary/aromatic N) is 6. The molecule has 2 aromatic heterocycles. The molecule has 1 radical (unpaired) electrons. The van der Waals surface area contributed by atoms with E-state index in [0.717, 1.165) is 0 Å². The molecule has 0 spiro atoms. The summed E-state index contributed by atoms with van der Waals surface area (Å²) in [6, 6.07) is 19.9. The smallest absolute Gasteiger partial charge is 0.507 e. The number of aromatic hydroxyl groups is 2. The van der Waals surface area contributed by atoms with E-state index in [1.54, 1.807) is 97.6 Å². The minimum atomic E-state index is -0.205. The van der Waals surface area contributed by atoms with Crippen LogP contribution in [0.1, 0.15) is 22.3 Å². The summed E-state index contributed by atoms with van der Waals surface area (Å²) in [4.78, 5) is 26.9. The number of phenols is 2. The molecule has 0 fully saturated rings. The molecule has 0 bridgehead atoms. The average molecular weight is 537 g/mol. The second kappa shape index (κ2) is 15.2. The van der Waals surface area contributed by atoms with Gasteiger partial charge in [0.1, 0.15) is 11.5 Å². The van der Waals surface area contributed by atoms with Crippen LogP contribution in [0.4, 0.5) is 0 Å². The van der Waals surface area contributed by atoms with E-state index in [9.17, 15) is 19.8 Å². The molecule has 4 rings (SSSR count). The molecule has 11 heteroatoms. The monoisotopic (exact) mass is 537 g/mol. The predicted molar refractivity (Wildman–Crippen MR) is 139 cm³/mol. The molecule has 0 aliphatic heterocycles. The maximum Gasteiger partial charge on any atom is 2.00 e. The van der Waals surface area contributed by atoms with Gasteiger partial charge in [-0.15, -0.1) is 0 Å². The zero-order chi connectivity index (χ0) is 25.6. The summed E-state index contributed by atoms with van der Waals surface area (Å²) in [6.45, 7) is 0. The first-order valence-electron chi connectivity index (χ1n) is 10.5. The first kappa shape index (κ1) is 28.4. The molecule has 0 saturated carbocycles. The van der Waals surface area contributed by atoms with Crippen molar-refractivity contribution in [3.63, 3.8) is 0 Å². The summed E-state index contributed by atoms with van der Waals surface area (Å²) >= 11 is 0. The fourth-order valence-corrected chi connectivity index (χ4v) is 2.60. The Hall–Kier alpha value is -4.86. The van der Waals surface area contributed by atoms with Crippen molar-refractivity contribution in [2.45, 2.75) is 0 Å². The normalized spacial score (nSPS) is 10.2. The van der Waals surface area contributed by atoms with Gasteiger partial charge in [-0.3, -0.25) is 19.6 Å². The van der Waals surface area contributed by atoms with E-state index in [1.165, 1.54) is 12.4 Å². The van der Waals surface area contributed by atoms with Crippen LogP contribution in [0.15, 0.2) is 108 Å². The number of hydrogen-bond acceptors (Lipinski definition) is 6. The minimum Gasteiger partial charge on any atom is -0.507 e. The number of carbonyl (C=O) groups excluding carboxylic acids is 2. The standard InChI is InChI=1S/2C13H11N3O2.Mn/c2*17-12-4-2-1-3-11(12)9-15-16-13(18)10-5-7-14-8-6-10;/h2*1-9H,(H2,14,15,16,17,18);/q;;+2. The van der Waals surface area contributed by atoms with Crippen LogP contribution in [-0.4, -0.2) is 54.0 Å². The zero-order valence-corrected chi connectivity index (χ0v) is 20.4. The Morgan fingerprint density at radius 3 is 1.32 bits per heavy atom. The second-order valence-corrected chi connectivity index (χ2v) is 6.93. The third kappa shape index (κ3) is 9.36.